The molecule has 2 aromatic rings. The van der Waals surface area contributed by atoms with E-state index in [1.807, 2.05) is 12.3 Å². The third-order valence-electron chi connectivity index (χ3n) is 6.77. The van der Waals surface area contributed by atoms with Crippen molar-refractivity contribution in [2.45, 2.75) is 57.4 Å². The van der Waals surface area contributed by atoms with Crippen molar-refractivity contribution >= 4 is 11.7 Å². The summed E-state index contributed by atoms with van der Waals surface area (Å²) in [4.78, 5) is 21.0. The summed E-state index contributed by atoms with van der Waals surface area (Å²) in [5, 5.41) is 0. The standard InChI is InChI=1S/C24H29N3O/c28-24-5-2-12-27(24)23-9-7-19(17-25-23)15-18-6-8-20-10-13-26(22-3-1-4-22)14-11-21(20)16-18/h6-9,16-17,22H,1-5,10-15H2. The largest absolute Gasteiger partial charge is 0.300 e. The van der Waals surface area contributed by atoms with E-state index in [2.05, 4.69) is 34.1 Å². The summed E-state index contributed by atoms with van der Waals surface area (Å²) in [6, 6.07) is 12.0. The number of anilines is 1. The number of pyridine rings is 1. The average molecular weight is 376 g/mol. The van der Waals surface area contributed by atoms with E-state index in [0.29, 0.717) is 6.42 Å². The van der Waals surface area contributed by atoms with Gasteiger partial charge in [0, 0.05) is 38.3 Å². The Bertz CT molecular complexity index is 857. The molecule has 4 nitrogen and oxygen atoms in total. The fraction of sp³-hybridized carbons (Fsp3) is 0.500. The van der Waals surface area contributed by atoms with E-state index in [-0.39, 0.29) is 5.91 Å². The highest BCUT2D eigenvalue weighted by atomic mass is 16.2. The fourth-order valence-corrected chi connectivity index (χ4v) is 4.83. The van der Waals surface area contributed by atoms with Gasteiger partial charge in [-0.15, -0.1) is 0 Å². The molecular formula is C24H29N3O. The molecule has 0 radical (unpaired) electrons. The predicted molar refractivity (Wildman–Crippen MR) is 112 cm³/mol. The van der Waals surface area contributed by atoms with Gasteiger partial charge in [-0.2, -0.15) is 0 Å². The maximum atomic E-state index is 11.9. The number of carbonyl (C=O) groups is 1. The van der Waals surface area contributed by atoms with Gasteiger partial charge < -0.3 is 0 Å². The lowest BCUT2D eigenvalue weighted by molar-refractivity contribution is -0.117. The molecule has 3 aliphatic rings. The zero-order valence-electron chi connectivity index (χ0n) is 16.6. The Morgan fingerprint density at radius 3 is 2.39 bits per heavy atom. The number of carbonyl (C=O) groups excluding carboxylic acids is 1. The van der Waals surface area contributed by atoms with Gasteiger partial charge in [-0.25, -0.2) is 4.98 Å². The first-order chi connectivity index (χ1) is 13.8. The van der Waals surface area contributed by atoms with Crippen molar-refractivity contribution in [3.8, 4) is 0 Å². The van der Waals surface area contributed by atoms with Gasteiger partial charge in [0.2, 0.25) is 5.91 Å². The number of hydrogen-bond donors (Lipinski definition) is 0. The normalized spacial score (nSPS) is 20.7. The molecule has 0 atom stereocenters. The van der Waals surface area contributed by atoms with Crippen LogP contribution in [0.1, 0.15) is 54.4 Å². The molecular weight excluding hydrogens is 346 g/mol. The van der Waals surface area contributed by atoms with Gasteiger partial charge in [-0.1, -0.05) is 30.7 Å². The smallest absolute Gasteiger partial charge is 0.228 e. The summed E-state index contributed by atoms with van der Waals surface area (Å²) in [5.74, 6) is 0.992. The van der Waals surface area contributed by atoms with Crippen LogP contribution in [0.3, 0.4) is 0 Å². The van der Waals surface area contributed by atoms with E-state index in [0.717, 1.165) is 31.2 Å². The monoisotopic (exact) mass is 375 g/mol. The maximum Gasteiger partial charge on any atom is 0.228 e. The van der Waals surface area contributed by atoms with Crippen LogP contribution >= 0.6 is 0 Å². The van der Waals surface area contributed by atoms with E-state index in [1.54, 1.807) is 4.90 Å². The third-order valence-corrected chi connectivity index (χ3v) is 6.77. The first kappa shape index (κ1) is 17.9. The lowest BCUT2D eigenvalue weighted by Gasteiger charge is -2.36. The molecule has 28 heavy (non-hydrogen) atoms. The molecule has 2 aliphatic heterocycles. The first-order valence-corrected chi connectivity index (χ1v) is 10.9. The van der Waals surface area contributed by atoms with Gasteiger partial charge in [0.1, 0.15) is 5.82 Å². The van der Waals surface area contributed by atoms with Crippen LogP contribution in [-0.2, 0) is 24.1 Å². The highest BCUT2D eigenvalue weighted by molar-refractivity contribution is 5.94. The van der Waals surface area contributed by atoms with Gasteiger partial charge in [0.15, 0.2) is 0 Å². The van der Waals surface area contributed by atoms with Crippen LogP contribution in [0.4, 0.5) is 5.82 Å². The number of fused-ring (bicyclic) bond motifs is 1. The second-order valence-electron chi connectivity index (χ2n) is 8.57. The van der Waals surface area contributed by atoms with Crippen LogP contribution in [-0.4, -0.2) is 41.5 Å². The van der Waals surface area contributed by atoms with Crippen molar-refractivity contribution in [2.75, 3.05) is 24.5 Å². The summed E-state index contributed by atoms with van der Waals surface area (Å²) in [5.41, 5.74) is 5.64. The van der Waals surface area contributed by atoms with Crippen LogP contribution < -0.4 is 4.90 Å². The molecule has 0 N–H and O–H groups in total. The SMILES string of the molecule is O=C1CCCN1c1ccc(Cc2ccc3c(c2)CCN(C2CCC2)CC3)cn1. The summed E-state index contributed by atoms with van der Waals surface area (Å²) in [6.45, 7) is 3.23. The van der Waals surface area contributed by atoms with Crippen molar-refractivity contribution in [3.05, 3.63) is 58.8 Å². The van der Waals surface area contributed by atoms with E-state index >= 15 is 0 Å². The quantitative estimate of drug-likeness (QED) is 0.817. The zero-order chi connectivity index (χ0) is 18.9. The summed E-state index contributed by atoms with van der Waals surface area (Å²) in [6.07, 6.45) is 11.0. The highest BCUT2D eigenvalue weighted by Crippen LogP contribution is 2.28. The van der Waals surface area contributed by atoms with Crippen LogP contribution in [0.15, 0.2) is 36.5 Å². The van der Waals surface area contributed by atoms with Crippen LogP contribution in [0.25, 0.3) is 0 Å². The molecule has 1 aromatic heterocycles. The van der Waals surface area contributed by atoms with E-state index in [4.69, 9.17) is 0 Å². The molecule has 146 valence electrons. The van der Waals surface area contributed by atoms with Gasteiger partial charge in [0.25, 0.3) is 0 Å². The number of nitrogens with zero attached hydrogens (tertiary/aromatic N) is 3. The van der Waals surface area contributed by atoms with Gasteiger partial charge in [-0.3, -0.25) is 14.6 Å². The minimum absolute atomic E-state index is 0.196. The van der Waals surface area contributed by atoms with Gasteiger partial charge >= 0.3 is 0 Å². The Morgan fingerprint density at radius 2 is 1.71 bits per heavy atom. The predicted octanol–water partition coefficient (Wildman–Crippen LogP) is 3.75. The molecule has 1 aromatic carbocycles. The molecule has 1 amide bonds. The number of benzene rings is 1. The Labute approximate surface area is 167 Å². The van der Waals surface area contributed by atoms with Gasteiger partial charge in [0.05, 0.1) is 0 Å². The Kier molecular flexibility index (Phi) is 4.89. The van der Waals surface area contributed by atoms with E-state index in [1.165, 1.54) is 67.4 Å². The molecule has 0 spiro atoms. The summed E-state index contributed by atoms with van der Waals surface area (Å²) >= 11 is 0. The molecule has 4 heteroatoms. The highest BCUT2D eigenvalue weighted by Gasteiger charge is 2.26. The Morgan fingerprint density at radius 1 is 0.893 bits per heavy atom. The van der Waals surface area contributed by atoms with E-state index in [9.17, 15) is 4.79 Å². The summed E-state index contributed by atoms with van der Waals surface area (Å²) in [7, 11) is 0. The summed E-state index contributed by atoms with van der Waals surface area (Å²) < 4.78 is 0. The second kappa shape index (κ2) is 7.67. The zero-order valence-corrected chi connectivity index (χ0v) is 16.6. The molecule has 2 fully saturated rings. The third kappa shape index (κ3) is 3.58. The lowest BCUT2D eigenvalue weighted by atomic mass is 9.91. The minimum atomic E-state index is 0.196. The van der Waals surface area contributed by atoms with Gasteiger partial charge in [-0.05, 0) is 66.8 Å². The van der Waals surface area contributed by atoms with E-state index < -0.39 is 0 Å². The molecule has 1 saturated carbocycles. The molecule has 3 heterocycles. The van der Waals surface area contributed by atoms with Crippen molar-refractivity contribution in [2.24, 2.45) is 0 Å². The van der Waals surface area contributed by atoms with Crippen LogP contribution in [0.2, 0.25) is 0 Å². The molecule has 5 rings (SSSR count). The molecule has 1 aliphatic carbocycles. The average Bonchev–Trinajstić information content (AvgIpc) is 2.99. The van der Waals surface area contributed by atoms with Crippen LogP contribution in [0, 0.1) is 0 Å². The fourth-order valence-electron chi connectivity index (χ4n) is 4.83. The molecule has 0 unspecified atom stereocenters. The van der Waals surface area contributed by atoms with Crippen molar-refractivity contribution in [3.63, 3.8) is 0 Å². The minimum Gasteiger partial charge on any atom is -0.300 e. The van der Waals surface area contributed by atoms with Crippen molar-refractivity contribution in [1.82, 2.24) is 9.88 Å². The topological polar surface area (TPSA) is 36.4 Å². The number of amides is 1. The van der Waals surface area contributed by atoms with Crippen molar-refractivity contribution < 1.29 is 4.79 Å². The maximum absolute atomic E-state index is 11.9. The number of rotatable bonds is 4. The molecule has 0 bridgehead atoms. The number of aromatic nitrogens is 1. The Hall–Kier alpha value is -2.20. The number of hydrogen-bond acceptors (Lipinski definition) is 3. The second-order valence-corrected chi connectivity index (χ2v) is 8.57. The first-order valence-electron chi connectivity index (χ1n) is 10.9. The Balaban J connectivity index is 1.26. The van der Waals surface area contributed by atoms with Crippen LogP contribution in [0.5, 0.6) is 0 Å². The van der Waals surface area contributed by atoms with Crippen molar-refractivity contribution in [1.29, 1.82) is 0 Å². The lowest BCUT2D eigenvalue weighted by Crippen LogP contribution is -2.41. The molecule has 1 saturated heterocycles.